The van der Waals surface area contributed by atoms with Gasteiger partial charge in [-0.05, 0) is 70.7 Å². The zero-order valence-corrected chi connectivity index (χ0v) is 14.7. The van der Waals surface area contributed by atoms with E-state index in [1.807, 2.05) is 36.4 Å². The number of allylic oxidation sites excluding steroid dienone is 4. The quantitative estimate of drug-likeness (QED) is 0.584. The molecule has 3 N–H and O–H groups in total. The van der Waals surface area contributed by atoms with E-state index in [2.05, 4.69) is 12.2 Å². The molecule has 0 aromatic heterocycles. The van der Waals surface area contributed by atoms with Crippen LogP contribution in [0.2, 0.25) is 0 Å². The monoisotopic (exact) mass is 356 g/mol. The van der Waals surface area contributed by atoms with Gasteiger partial charge in [-0.15, -0.1) is 0 Å². The average molecular weight is 356 g/mol. The van der Waals surface area contributed by atoms with E-state index in [9.17, 15) is 15.3 Å². The van der Waals surface area contributed by atoms with E-state index in [-0.39, 0.29) is 23.2 Å². The van der Waals surface area contributed by atoms with Crippen molar-refractivity contribution in [1.82, 2.24) is 0 Å². The molecule has 3 heteroatoms. The first-order valence-corrected chi connectivity index (χ1v) is 8.88. The number of hydrogen-bond acceptors (Lipinski definition) is 3. The first kappa shape index (κ1) is 17.0. The van der Waals surface area contributed by atoms with Crippen LogP contribution in [0.25, 0.3) is 11.1 Å². The van der Waals surface area contributed by atoms with Gasteiger partial charge in [-0.1, -0.05) is 48.6 Å². The fraction of sp³-hybridized carbons (Fsp3) is 0.0833. The van der Waals surface area contributed by atoms with Crippen molar-refractivity contribution in [2.45, 2.75) is 12.3 Å². The molecule has 0 heterocycles. The van der Waals surface area contributed by atoms with Crippen LogP contribution in [0.4, 0.5) is 0 Å². The van der Waals surface area contributed by atoms with Gasteiger partial charge in [0.05, 0.1) is 0 Å². The molecule has 0 amide bonds. The lowest BCUT2D eigenvalue weighted by Crippen LogP contribution is -2.03. The summed E-state index contributed by atoms with van der Waals surface area (Å²) in [6.07, 6.45) is 5.22. The summed E-state index contributed by atoms with van der Waals surface area (Å²) in [7, 11) is 0. The summed E-state index contributed by atoms with van der Waals surface area (Å²) in [4.78, 5) is 0. The van der Waals surface area contributed by atoms with Crippen LogP contribution in [-0.2, 0) is 0 Å². The molecule has 27 heavy (non-hydrogen) atoms. The summed E-state index contributed by atoms with van der Waals surface area (Å²) in [5.74, 6) is 0.919. The maximum atomic E-state index is 9.59. The first-order chi connectivity index (χ1) is 13.1. The number of phenolic OH excluding ortho intramolecular Hbond substituents is 3. The van der Waals surface area contributed by atoms with Crippen molar-refractivity contribution in [2.24, 2.45) is 0 Å². The van der Waals surface area contributed by atoms with Gasteiger partial charge in [0.2, 0.25) is 0 Å². The van der Waals surface area contributed by atoms with Crippen molar-refractivity contribution in [3.05, 3.63) is 102 Å². The lowest BCUT2D eigenvalue weighted by Gasteiger charge is -2.23. The average Bonchev–Trinajstić information content (AvgIpc) is 2.69. The smallest absolute Gasteiger partial charge is 0.115 e. The van der Waals surface area contributed by atoms with Crippen LogP contribution in [0.15, 0.2) is 84.9 Å². The number of rotatable bonds is 3. The zero-order chi connectivity index (χ0) is 18.8. The van der Waals surface area contributed by atoms with Crippen molar-refractivity contribution >= 4 is 11.1 Å². The predicted octanol–water partition coefficient (Wildman–Crippen LogP) is 5.46. The van der Waals surface area contributed by atoms with Crippen molar-refractivity contribution in [3.63, 3.8) is 0 Å². The van der Waals surface area contributed by atoms with E-state index in [0.29, 0.717) is 0 Å². The summed E-state index contributed by atoms with van der Waals surface area (Å²) in [5, 5.41) is 28.8. The Morgan fingerprint density at radius 3 is 1.63 bits per heavy atom. The van der Waals surface area contributed by atoms with Crippen LogP contribution in [0, 0.1) is 0 Å². The van der Waals surface area contributed by atoms with Gasteiger partial charge in [-0.25, -0.2) is 0 Å². The van der Waals surface area contributed by atoms with Crippen molar-refractivity contribution < 1.29 is 15.3 Å². The summed E-state index contributed by atoms with van der Waals surface area (Å²) in [6, 6.07) is 21.8. The van der Waals surface area contributed by atoms with Gasteiger partial charge >= 0.3 is 0 Å². The predicted molar refractivity (Wildman–Crippen MR) is 108 cm³/mol. The first-order valence-electron chi connectivity index (χ1n) is 8.88. The summed E-state index contributed by atoms with van der Waals surface area (Å²) < 4.78 is 0. The van der Waals surface area contributed by atoms with Crippen molar-refractivity contribution in [1.29, 1.82) is 0 Å². The van der Waals surface area contributed by atoms with Gasteiger partial charge in [0.25, 0.3) is 0 Å². The SMILES string of the molecule is Oc1ccc(C2=CC(c3ccc(O)cc3)CC(c3ccc(O)cc3)=C2)cc1. The molecule has 0 radical (unpaired) electrons. The highest BCUT2D eigenvalue weighted by Crippen LogP contribution is 2.39. The second-order valence-corrected chi connectivity index (χ2v) is 6.79. The highest BCUT2D eigenvalue weighted by Gasteiger charge is 2.19. The van der Waals surface area contributed by atoms with Crippen LogP contribution in [-0.4, -0.2) is 15.3 Å². The molecule has 1 aliphatic rings. The Labute approximate surface area is 158 Å². The van der Waals surface area contributed by atoms with Gasteiger partial charge in [0, 0.05) is 5.92 Å². The van der Waals surface area contributed by atoms with Crippen LogP contribution in [0.3, 0.4) is 0 Å². The highest BCUT2D eigenvalue weighted by molar-refractivity contribution is 5.87. The number of phenols is 3. The van der Waals surface area contributed by atoms with E-state index in [0.717, 1.165) is 28.7 Å². The molecule has 1 unspecified atom stereocenters. The third kappa shape index (κ3) is 3.72. The summed E-state index contributed by atoms with van der Waals surface area (Å²) in [5.41, 5.74) is 5.50. The minimum absolute atomic E-state index is 0.170. The Morgan fingerprint density at radius 1 is 0.593 bits per heavy atom. The van der Waals surface area contributed by atoms with E-state index in [1.54, 1.807) is 36.4 Å². The van der Waals surface area contributed by atoms with E-state index >= 15 is 0 Å². The molecule has 3 aromatic rings. The molecule has 0 spiro atoms. The second kappa shape index (κ2) is 7.04. The van der Waals surface area contributed by atoms with Gasteiger partial charge in [-0.3, -0.25) is 0 Å². The minimum atomic E-state index is 0.170. The Balaban J connectivity index is 1.77. The summed E-state index contributed by atoms with van der Waals surface area (Å²) >= 11 is 0. The molecule has 1 aliphatic carbocycles. The maximum absolute atomic E-state index is 9.59. The van der Waals surface area contributed by atoms with E-state index in [4.69, 9.17) is 0 Å². The molecule has 0 aliphatic heterocycles. The van der Waals surface area contributed by atoms with Crippen LogP contribution >= 0.6 is 0 Å². The lowest BCUT2D eigenvalue weighted by atomic mass is 9.81. The maximum Gasteiger partial charge on any atom is 0.115 e. The fourth-order valence-corrected chi connectivity index (χ4v) is 3.45. The number of aromatic hydroxyl groups is 3. The molecular weight excluding hydrogens is 336 g/mol. The number of benzene rings is 3. The normalized spacial score (nSPS) is 16.5. The fourth-order valence-electron chi connectivity index (χ4n) is 3.45. The molecule has 4 rings (SSSR count). The topological polar surface area (TPSA) is 60.7 Å². The molecule has 0 fully saturated rings. The summed E-state index contributed by atoms with van der Waals surface area (Å²) in [6.45, 7) is 0. The Bertz CT molecular complexity index is 995. The van der Waals surface area contributed by atoms with Crippen molar-refractivity contribution in [2.75, 3.05) is 0 Å². The molecule has 0 bridgehead atoms. The molecule has 0 saturated carbocycles. The highest BCUT2D eigenvalue weighted by atomic mass is 16.3. The standard InChI is InChI=1S/C24H20O3/c25-22-7-1-16(2-8-22)19-13-20(17-3-9-23(26)10-4-17)15-21(14-19)18-5-11-24(27)12-6-18/h1-14,20,25-27H,15H2. The van der Waals surface area contributed by atoms with Gasteiger partial charge in [-0.2, -0.15) is 0 Å². The van der Waals surface area contributed by atoms with Gasteiger partial charge in [0.1, 0.15) is 17.2 Å². The Kier molecular flexibility index (Phi) is 4.43. The van der Waals surface area contributed by atoms with E-state index in [1.165, 1.54) is 5.57 Å². The van der Waals surface area contributed by atoms with Crippen molar-refractivity contribution in [3.8, 4) is 17.2 Å². The largest absolute Gasteiger partial charge is 0.508 e. The Hall–Kier alpha value is -3.46. The molecule has 3 aromatic carbocycles. The zero-order valence-electron chi connectivity index (χ0n) is 14.7. The van der Waals surface area contributed by atoms with Gasteiger partial charge < -0.3 is 15.3 Å². The molecule has 134 valence electrons. The third-order valence-corrected chi connectivity index (χ3v) is 4.91. The number of hydrogen-bond donors (Lipinski definition) is 3. The molecular formula is C24H20O3. The Morgan fingerprint density at radius 2 is 1.07 bits per heavy atom. The minimum Gasteiger partial charge on any atom is -0.508 e. The van der Waals surface area contributed by atoms with E-state index < -0.39 is 0 Å². The lowest BCUT2D eigenvalue weighted by molar-refractivity contribution is 0.474. The molecule has 0 saturated heterocycles. The third-order valence-electron chi connectivity index (χ3n) is 4.91. The van der Waals surface area contributed by atoms with Crippen LogP contribution < -0.4 is 0 Å². The molecule has 3 nitrogen and oxygen atoms in total. The van der Waals surface area contributed by atoms with Crippen LogP contribution in [0.5, 0.6) is 17.2 Å². The van der Waals surface area contributed by atoms with Crippen LogP contribution in [0.1, 0.15) is 29.0 Å². The molecule has 1 atom stereocenters. The van der Waals surface area contributed by atoms with Gasteiger partial charge in [0.15, 0.2) is 0 Å². The second-order valence-electron chi connectivity index (χ2n) is 6.79.